The monoisotopic (exact) mass is 247 g/mol. The van der Waals surface area contributed by atoms with Gasteiger partial charge in [-0.1, -0.05) is 39.0 Å². The van der Waals surface area contributed by atoms with E-state index in [9.17, 15) is 0 Å². The molecule has 0 saturated carbocycles. The molecule has 18 heavy (non-hydrogen) atoms. The quantitative estimate of drug-likeness (QED) is 0.867. The van der Waals surface area contributed by atoms with Gasteiger partial charge in [-0.2, -0.15) is 0 Å². The molecule has 1 aliphatic rings. The van der Waals surface area contributed by atoms with E-state index in [0.29, 0.717) is 18.1 Å². The minimum absolute atomic E-state index is 0.298. The second kappa shape index (κ2) is 5.75. The molecule has 2 nitrogen and oxygen atoms in total. The maximum atomic E-state index is 6.12. The number of ether oxygens (including phenoxy) is 1. The van der Waals surface area contributed by atoms with E-state index in [-0.39, 0.29) is 0 Å². The standard InChI is InChI=1S/C16H25NO/c1-5-11(3)13-8-7-9-14-15(17-6-2)10-12(4)18-16(13)14/h7-9,11-12,15,17H,5-6,10H2,1-4H3. The fourth-order valence-corrected chi connectivity index (χ4v) is 2.74. The van der Waals surface area contributed by atoms with Crippen molar-refractivity contribution in [2.75, 3.05) is 6.54 Å². The number of benzene rings is 1. The first-order chi connectivity index (χ1) is 8.67. The van der Waals surface area contributed by atoms with Gasteiger partial charge in [0.2, 0.25) is 0 Å². The Balaban J connectivity index is 2.40. The van der Waals surface area contributed by atoms with Crippen molar-refractivity contribution in [3.05, 3.63) is 29.3 Å². The van der Waals surface area contributed by atoms with Crippen LogP contribution in [0.4, 0.5) is 0 Å². The summed E-state index contributed by atoms with van der Waals surface area (Å²) >= 11 is 0. The highest BCUT2D eigenvalue weighted by Gasteiger charge is 2.27. The molecule has 1 aromatic carbocycles. The van der Waals surface area contributed by atoms with Crippen molar-refractivity contribution < 1.29 is 4.74 Å². The molecular formula is C16H25NO. The number of fused-ring (bicyclic) bond motifs is 1. The lowest BCUT2D eigenvalue weighted by Gasteiger charge is -2.33. The summed E-state index contributed by atoms with van der Waals surface area (Å²) in [5.41, 5.74) is 2.71. The summed E-state index contributed by atoms with van der Waals surface area (Å²) in [6, 6.07) is 7.04. The van der Waals surface area contributed by atoms with Crippen LogP contribution in [-0.4, -0.2) is 12.6 Å². The maximum Gasteiger partial charge on any atom is 0.127 e. The molecule has 1 aromatic rings. The molecule has 0 amide bonds. The summed E-state index contributed by atoms with van der Waals surface area (Å²) < 4.78 is 6.12. The predicted octanol–water partition coefficient (Wildman–Crippen LogP) is 4.02. The molecule has 1 aliphatic heterocycles. The largest absolute Gasteiger partial charge is 0.490 e. The van der Waals surface area contributed by atoms with E-state index in [1.807, 2.05) is 0 Å². The second-order valence-electron chi connectivity index (χ2n) is 5.35. The van der Waals surface area contributed by atoms with Gasteiger partial charge in [0, 0.05) is 18.0 Å². The van der Waals surface area contributed by atoms with E-state index in [1.54, 1.807) is 0 Å². The highest BCUT2D eigenvalue weighted by molar-refractivity contribution is 5.46. The average molecular weight is 247 g/mol. The molecule has 3 unspecified atom stereocenters. The van der Waals surface area contributed by atoms with Crippen molar-refractivity contribution in [2.24, 2.45) is 0 Å². The highest BCUT2D eigenvalue weighted by Crippen LogP contribution is 2.40. The topological polar surface area (TPSA) is 21.3 Å². The molecule has 0 fully saturated rings. The Morgan fingerprint density at radius 3 is 2.83 bits per heavy atom. The van der Waals surface area contributed by atoms with Crippen LogP contribution in [0.5, 0.6) is 5.75 Å². The highest BCUT2D eigenvalue weighted by atomic mass is 16.5. The van der Waals surface area contributed by atoms with E-state index in [4.69, 9.17) is 4.74 Å². The zero-order chi connectivity index (χ0) is 13.1. The minimum atomic E-state index is 0.298. The summed E-state index contributed by atoms with van der Waals surface area (Å²) in [6.07, 6.45) is 2.51. The lowest BCUT2D eigenvalue weighted by atomic mass is 9.89. The Morgan fingerprint density at radius 1 is 1.39 bits per heavy atom. The fraction of sp³-hybridized carbons (Fsp3) is 0.625. The lowest BCUT2D eigenvalue weighted by Crippen LogP contribution is -2.32. The smallest absolute Gasteiger partial charge is 0.127 e. The summed E-state index contributed by atoms with van der Waals surface area (Å²) in [4.78, 5) is 0. The molecule has 1 heterocycles. The van der Waals surface area contributed by atoms with Gasteiger partial charge in [0.1, 0.15) is 5.75 Å². The van der Waals surface area contributed by atoms with Gasteiger partial charge in [-0.3, -0.25) is 0 Å². The van der Waals surface area contributed by atoms with E-state index < -0.39 is 0 Å². The zero-order valence-corrected chi connectivity index (χ0v) is 12.0. The molecule has 0 aromatic heterocycles. The zero-order valence-electron chi connectivity index (χ0n) is 12.0. The van der Waals surface area contributed by atoms with Gasteiger partial charge in [-0.25, -0.2) is 0 Å². The van der Waals surface area contributed by atoms with E-state index in [0.717, 1.165) is 25.1 Å². The molecule has 2 heteroatoms. The van der Waals surface area contributed by atoms with Crippen LogP contribution in [0, 0.1) is 0 Å². The van der Waals surface area contributed by atoms with Crippen molar-refractivity contribution >= 4 is 0 Å². The van der Waals surface area contributed by atoms with Crippen molar-refractivity contribution in [3.63, 3.8) is 0 Å². The summed E-state index contributed by atoms with van der Waals surface area (Å²) in [5, 5.41) is 3.58. The molecular weight excluding hydrogens is 222 g/mol. The molecule has 2 rings (SSSR count). The van der Waals surface area contributed by atoms with Crippen LogP contribution in [0.15, 0.2) is 18.2 Å². The number of hydrogen-bond acceptors (Lipinski definition) is 2. The number of hydrogen-bond donors (Lipinski definition) is 1. The Morgan fingerprint density at radius 2 is 2.17 bits per heavy atom. The van der Waals surface area contributed by atoms with Crippen LogP contribution in [0.25, 0.3) is 0 Å². The van der Waals surface area contributed by atoms with Crippen LogP contribution in [0.1, 0.15) is 63.6 Å². The SMILES string of the molecule is CCNC1CC(C)Oc2c(C(C)CC)cccc21. The summed E-state index contributed by atoms with van der Waals surface area (Å²) in [7, 11) is 0. The molecule has 3 atom stereocenters. The molecule has 100 valence electrons. The molecule has 0 spiro atoms. The minimum Gasteiger partial charge on any atom is -0.490 e. The van der Waals surface area contributed by atoms with E-state index >= 15 is 0 Å². The lowest BCUT2D eigenvalue weighted by molar-refractivity contribution is 0.164. The Bertz CT molecular complexity index is 402. The maximum absolute atomic E-state index is 6.12. The van der Waals surface area contributed by atoms with Crippen LogP contribution in [0.3, 0.4) is 0 Å². The first kappa shape index (κ1) is 13.4. The Labute approximate surface area is 111 Å². The van der Waals surface area contributed by atoms with Gasteiger partial charge in [-0.15, -0.1) is 0 Å². The molecule has 1 N–H and O–H groups in total. The van der Waals surface area contributed by atoms with Gasteiger partial charge in [0.05, 0.1) is 6.10 Å². The molecule has 0 radical (unpaired) electrons. The Hall–Kier alpha value is -1.02. The van der Waals surface area contributed by atoms with Crippen LogP contribution >= 0.6 is 0 Å². The van der Waals surface area contributed by atoms with Crippen molar-refractivity contribution in [1.29, 1.82) is 0 Å². The average Bonchev–Trinajstić information content (AvgIpc) is 2.37. The van der Waals surface area contributed by atoms with Crippen molar-refractivity contribution in [1.82, 2.24) is 5.32 Å². The molecule has 0 bridgehead atoms. The van der Waals surface area contributed by atoms with Crippen molar-refractivity contribution in [3.8, 4) is 5.75 Å². The number of para-hydroxylation sites is 1. The number of rotatable bonds is 4. The third kappa shape index (κ3) is 2.54. The summed E-state index contributed by atoms with van der Waals surface area (Å²) in [5.74, 6) is 1.70. The predicted molar refractivity (Wildman–Crippen MR) is 76.3 cm³/mol. The third-order valence-electron chi connectivity index (χ3n) is 3.93. The number of nitrogens with one attached hydrogen (secondary N) is 1. The summed E-state index contributed by atoms with van der Waals surface area (Å²) in [6.45, 7) is 9.85. The second-order valence-corrected chi connectivity index (χ2v) is 5.35. The molecule has 0 aliphatic carbocycles. The van der Waals surface area contributed by atoms with E-state index in [2.05, 4.69) is 51.2 Å². The first-order valence-electron chi connectivity index (χ1n) is 7.20. The Kier molecular flexibility index (Phi) is 4.28. The van der Waals surface area contributed by atoms with Crippen LogP contribution in [0.2, 0.25) is 0 Å². The van der Waals surface area contributed by atoms with Gasteiger partial charge in [-0.05, 0) is 31.4 Å². The fourth-order valence-electron chi connectivity index (χ4n) is 2.74. The van der Waals surface area contributed by atoms with Crippen LogP contribution < -0.4 is 10.1 Å². The van der Waals surface area contributed by atoms with Gasteiger partial charge in [0.15, 0.2) is 0 Å². The van der Waals surface area contributed by atoms with Gasteiger partial charge >= 0.3 is 0 Å². The van der Waals surface area contributed by atoms with Gasteiger partial charge in [0.25, 0.3) is 0 Å². The van der Waals surface area contributed by atoms with E-state index in [1.165, 1.54) is 11.1 Å². The van der Waals surface area contributed by atoms with Gasteiger partial charge < -0.3 is 10.1 Å². The normalized spacial score (nSPS) is 24.2. The third-order valence-corrected chi connectivity index (χ3v) is 3.93. The molecule has 0 saturated heterocycles. The first-order valence-corrected chi connectivity index (χ1v) is 7.20. The van der Waals surface area contributed by atoms with Crippen LogP contribution in [-0.2, 0) is 0 Å². The van der Waals surface area contributed by atoms with Crippen molar-refractivity contribution in [2.45, 2.75) is 58.6 Å².